The van der Waals surface area contributed by atoms with Gasteiger partial charge in [0, 0.05) is 13.1 Å². The second-order valence-electron chi connectivity index (χ2n) is 3.57. The molecule has 0 heterocycles. The molecule has 72 valence electrons. The molecule has 0 aliphatic carbocycles. The molecule has 2 N–H and O–H groups in total. The summed E-state index contributed by atoms with van der Waals surface area (Å²) < 4.78 is 0. The highest BCUT2D eigenvalue weighted by atomic mass is 15.0. The summed E-state index contributed by atoms with van der Waals surface area (Å²) in [5.41, 5.74) is 8.10. The molecule has 0 unspecified atom stereocenters. The molecule has 0 bridgehead atoms. The largest absolute Gasteiger partial charge is 0.326 e. The normalized spacial score (nSPS) is 10.8. The molecule has 13 heavy (non-hydrogen) atoms. The van der Waals surface area contributed by atoms with Crippen molar-refractivity contribution in [2.24, 2.45) is 5.73 Å². The van der Waals surface area contributed by atoms with Crippen LogP contribution in [0, 0.1) is 0 Å². The maximum Gasteiger partial charge on any atom is 0.0178 e. The second kappa shape index (κ2) is 5.00. The van der Waals surface area contributed by atoms with Crippen LogP contribution in [-0.2, 0) is 13.0 Å². The first-order chi connectivity index (χ1) is 6.22. The molecule has 1 rings (SSSR count). The Morgan fingerprint density at radius 1 is 1.08 bits per heavy atom. The Kier molecular flexibility index (Phi) is 3.93. The van der Waals surface area contributed by atoms with Gasteiger partial charge in [-0.1, -0.05) is 24.3 Å². The molecule has 2 heteroatoms. The third kappa shape index (κ3) is 3.57. The van der Waals surface area contributed by atoms with Crippen molar-refractivity contribution in [3.05, 3.63) is 35.4 Å². The van der Waals surface area contributed by atoms with Gasteiger partial charge in [-0.3, -0.25) is 0 Å². The molecule has 0 amide bonds. The van der Waals surface area contributed by atoms with E-state index < -0.39 is 0 Å². The fourth-order valence-electron chi connectivity index (χ4n) is 1.19. The van der Waals surface area contributed by atoms with Crippen LogP contribution in [-0.4, -0.2) is 25.5 Å². The molecular weight excluding hydrogens is 160 g/mol. The van der Waals surface area contributed by atoms with Gasteiger partial charge in [-0.05, 0) is 31.6 Å². The minimum atomic E-state index is 0.633. The first-order valence-corrected chi connectivity index (χ1v) is 4.65. The van der Waals surface area contributed by atoms with Gasteiger partial charge in [-0.15, -0.1) is 0 Å². The van der Waals surface area contributed by atoms with E-state index in [2.05, 4.69) is 43.3 Å². The highest BCUT2D eigenvalue weighted by molar-refractivity contribution is 5.22. The Hall–Kier alpha value is -0.860. The average molecular weight is 178 g/mol. The van der Waals surface area contributed by atoms with Crippen LogP contribution >= 0.6 is 0 Å². The summed E-state index contributed by atoms with van der Waals surface area (Å²) in [4.78, 5) is 2.19. The third-order valence-electron chi connectivity index (χ3n) is 2.11. The summed E-state index contributed by atoms with van der Waals surface area (Å²) in [6.07, 6.45) is 1.11. The van der Waals surface area contributed by atoms with Crippen molar-refractivity contribution in [3.63, 3.8) is 0 Å². The zero-order valence-corrected chi connectivity index (χ0v) is 8.46. The fourth-order valence-corrected chi connectivity index (χ4v) is 1.19. The van der Waals surface area contributed by atoms with Crippen LogP contribution in [0.5, 0.6) is 0 Å². The molecule has 0 fully saturated rings. The van der Waals surface area contributed by atoms with Crippen molar-refractivity contribution in [2.45, 2.75) is 13.0 Å². The number of hydrogen-bond donors (Lipinski definition) is 1. The highest BCUT2D eigenvalue weighted by Crippen LogP contribution is 2.04. The van der Waals surface area contributed by atoms with Gasteiger partial charge in [0.1, 0.15) is 0 Å². The third-order valence-corrected chi connectivity index (χ3v) is 2.11. The lowest BCUT2D eigenvalue weighted by Gasteiger charge is -2.09. The van der Waals surface area contributed by atoms with Crippen molar-refractivity contribution in [1.82, 2.24) is 4.90 Å². The number of nitrogens with zero attached hydrogens (tertiary/aromatic N) is 1. The van der Waals surface area contributed by atoms with Gasteiger partial charge in [-0.2, -0.15) is 0 Å². The molecule has 0 aromatic heterocycles. The number of nitrogens with two attached hydrogens (primary N) is 1. The molecular formula is C11H18N2. The Bertz CT molecular complexity index is 239. The smallest absolute Gasteiger partial charge is 0.0178 e. The van der Waals surface area contributed by atoms with Crippen LogP contribution in [0.2, 0.25) is 0 Å². The number of benzene rings is 1. The maximum atomic E-state index is 5.51. The van der Waals surface area contributed by atoms with E-state index in [-0.39, 0.29) is 0 Å². The van der Waals surface area contributed by atoms with Crippen molar-refractivity contribution >= 4 is 0 Å². The van der Waals surface area contributed by atoms with Gasteiger partial charge >= 0.3 is 0 Å². The molecule has 0 atom stereocenters. The fraction of sp³-hybridized carbons (Fsp3) is 0.455. The van der Waals surface area contributed by atoms with Crippen LogP contribution in [0.25, 0.3) is 0 Å². The van der Waals surface area contributed by atoms with Crippen molar-refractivity contribution in [2.75, 3.05) is 20.6 Å². The predicted octanol–water partition coefficient (Wildman–Crippen LogP) is 1.25. The van der Waals surface area contributed by atoms with Crippen molar-refractivity contribution in [3.8, 4) is 0 Å². The van der Waals surface area contributed by atoms with Gasteiger partial charge in [-0.25, -0.2) is 0 Å². The van der Waals surface area contributed by atoms with Gasteiger partial charge in [0.05, 0.1) is 0 Å². The molecule has 0 aliphatic heterocycles. The van der Waals surface area contributed by atoms with E-state index in [0.717, 1.165) is 13.0 Å². The van der Waals surface area contributed by atoms with Crippen LogP contribution in [0.15, 0.2) is 24.3 Å². The minimum Gasteiger partial charge on any atom is -0.326 e. The number of rotatable bonds is 4. The van der Waals surface area contributed by atoms with Crippen LogP contribution in [0.1, 0.15) is 11.1 Å². The topological polar surface area (TPSA) is 29.3 Å². The zero-order chi connectivity index (χ0) is 9.68. The van der Waals surface area contributed by atoms with Crippen molar-refractivity contribution in [1.29, 1.82) is 0 Å². The standard InChI is InChI=1S/C11H18N2/c1-13(2)8-7-10-3-5-11(9-12)6-4-10/h3-6H,7-9,12H2,1-2H3. The molecule has 1 aromatic carbocycles. The molecule has 0 radical (unpaired) electrons. The first kappa shape index (κ1) is 10.2. The summed E-state index contributed by atoms with van der Waals surface area (Å²) >= 11 is 0. The average Bonchev–Trinajstić information content (AvgIpc) is 2.15. The van der Waals surface area contributed by atoms with Gasteiger partial charge in [0.25, 0.3) is 0 Å². The van der Waals surface area contributed by atoms with E-state index in [1.54, 1.807) is 0 Å². The predicted molar refractivity (Wildman–Crippen MR) is 56.6 cm³/mol. The Morgan fingerprint density at radius 2 is 1.62 bits per heavy atom. The monoisotopic (exact) mass is 178 g/mol. The zero-order valence-electron chi connectivity index (χ0n) is 8.46. The molecule has 1 aromatic rings. The van der Waals surface area contributed by atoms with Crippen LogP contribution in [0.4, 0.5) is 0 Å². The highest BCUT2D eigenvalue weighted by Gasteiger charge is 1.94. The van der Waals surface area contributed by atoms with Gasteiger partial charge in [0.2, 0.25) is 0 Å². The minimum absolute atomic E-state index is 0.633. The van der Waals surface area contributed by atoms with E-state index in [1.807, 2.05) is 0 Å². The molecule has 0 spiro atoms. The number of hydrogen-bond acceptors (Lipinski definition) is 2. The Morgan fingerprint density at radius 3 is 2.08 bits per heavy atom. The van der Waals surface area contributed by atoms with E-state index >= 15 is 0 Å². The van der Waals surface area contributed by atoms with Gasteiger partial charge < -0.3 is 10.6 Å². The number of likely N-dealkylation sites (N-methyl/N-ethyl adjacent to an activating group) is 1. The SMILES string of the molecule is CN(C)CCc1ccc(CN)cc1. The first-order valence-electron chi connectivity index (χ1n) is 4.65. The molecule has 0 aliphatic rings. The molecule has 2 nitrogen and oxygen atoms in total. The van der Waals surface area contributed by atoms with Gasteiger partial charge in [0.15, 0.2) is 0 Å². The lowest BCUT2D eigenvalue weighted by atomic mass is 10.1. The summed E-state index contributed by atoms with van der Waals surface area (Å²) in [6.45, 7) is 1.73. The van der Waals surface area contributed by atoms with Crippen LogP contribution in [0.3, 0.4) is 0 Å². The quantitative estimate of drug-likeness (QED) is 0.752. The van der Waals surface area contributed by atoms with E-state index in [4.69, 9.17) is 5.73 Å². The van der Waals surface area contributed by atoms with Crippen molar-refractivity contribution < 1.29 is 0 Å². The Labute approximate surface area is 80.4 Å². The Balaban J connectivity index is 2.49. The van der Waals surface area contributed by atoms with E-state index in [1.165, 1.54) is 11.1 Å². The lowest BCUT2D eigenvalue weighted by molar-refractivity contribution is 0.413. The lowest BCUT2D eigenvalue weighted by Crippen LogP contribution is -2.15. The van der Waals surface area contributed by atoms with E-state index in [0.29, 0.717) is 6.54 Å². The maximum absolute atomic E-state index is 5.51. The van der Waals surface area contributed by atoms with E-state index in [9.17, 15) is 0 Å². The molecule has 0 saturated heterocycles. The summed E-state index contributed by atoms with van der Waals surface area (Å²) in [5, 5.41) is 0. The second-order valence-corrected chi connectivity index (χ2v) is 3.57. The summed E-state index contributed by atoms with van der Waals surface area (Å²) in [6, 6.07) is 8.52. The summed E-state index contributed by atoms with van der Waals surface area (Å²) in [5.74, 6) is 0. The van der Waals surface area contributed by atoms with Crippen LogP contribution < -0.4 is 5.73 Å². The summed E-state index contributed by atoms with van der Waals surface area (Å²) in [7, 11) is 4.18. The molecule has 0 saturated carbocycles.